The number of carboxylic acid groups (broad SMARTS) is 1. The Bertz CT molecular complexity index is 190. The van der Waals surface area contributed by atoms with Crippen LogP contribution in [0.3, 0.4) is 0 Å². The molecule has 0 saturated carbocycles. The summed E-state index contributed by atoms with van der Waals surface area (Å²) >= 11 is 0. The highest BCUT2D eigenvalue weighted by atomic mass is 16.5. The van der Waals surface area contributed by atoms with Crippen LogP contribution in [0.15, 0.2) is 11.6 Å². The molecule has 0 aliphatic carbocycles. The molecule has 0 aromatic heterocycles. The van der Waals surface area contributed by atoms with E-state index >= 15 is 0 Å². The molecule has 0 aromatic carbocycles. The third kappa shape index (κ3) is 2.08. The van der Waals surface area contributed by atoms with Crippen molar-refractivity contribution in [3.05, 3.63) is 11.6 Å². The number of aliphatic carboxylic acids is 1. The molecule has 68 valence electrons. The highest BCUT2D eigenvalue weighted by molar-refractivity contribution is 5.87. The van der Waals surface area contributed by atoms with Gasteiger partial charge >= 0.3 is 5.97 Å². The summed E-state index contributed by atoms with van der Waals surface area (Å²) in [5.41, 5.74) is 0.540. The number of hydrogen-bond donors (Lipinski definition) is 1. The predicted octanol–water partition coefficient (Wildman–Crippen LogP) is 1.44. The molecule has 1 fully saturated rings. The van der Waals surface area contributed by atoms with E-state index in [1.807, 2.05) is 0 Å². The number of ether oxygens (including phenoxy) is 1. The van der Waals surface area contributed by atoms with Crippen LogP contribution in [0.1, 0.15) is 19.8 Å². The van der Waals surface area contributed by atoms with Crippen molar-refractivity contribution >= 4 is 5.97 Å². The van der Waals surface area contributed by atoms with Gasteiger partial charge < -0.3 is 9.84 Å². The summed E-state index contributed by atoms with van der Waals surface area (Å²) in [6, 6.07) is 0. The van der Waals surface area contributed by atoms with Crippen LogP contribution >= 0.6 is 0 Å². The summed E-state index contributed by atoms with van der Waals surface area (Å²) in [6.07, 6.45) is 3.37. The topological polar surface area (TPSA) is 46.5 Å². The lowest BCUT2D eigenvalue weighted by molar-refractivity contribution is -0.133. The van der Waals surface area contributed by atoms with Crippen LogP contribution in [0.5, 0.6) is 0 Å². The van der Waals surface area contributed by atoms with Gasteiger partial charge in [0.2, 0.25) is 0 Å². The van der Waals surface area contributed by atoms with Gasteiger partial charge in [0.1, 0.15) is 0 Å². The maximum atomic E-state index is 10.7. The van der Waals surface area contributed by atoms with Crippen molar-refractivity contribution in [2.45, 2.75) is 19.8 Å². The number of rotatable bonds is 2. The largest absolute Gasteiger partial charge is 0.478 e. The van der Waals surface area contributed by atoms with E-state index in [2.05, 4.69) is 0 Å². The zero-order chi connectivity index (χ0) is 8.97. The molecule has 1 heterocycles. The van der Waals surface area contributed by atoms with Crippen LogP contribution in [0, 0.1) is 5.92 Å². The Morgan fingerprint density at radius 1 is 1.50 bits per heavy atom. The predicted molar refractivity (Wildman–Crippen MR) is 44.9 cm³/mol. The van der Waals surface area contributed by atoms with E-state index in [4.69, 9.17) is 9.84 Å². The van der Waals surface area contributed by atoms with Gasteiger partial charge in [-0.3, -0.25) is 0 Å². The standard InChI is InChI=1S/C9H14O3/c1-2-8(9(10)11)7-3-5-12-6-4-7/h2,7H,3-6H2,1H3,(H,10,11)/b8-2+. The van der Waals surface area contributed by atoms with Gasteiger partial charge in [-0.1, -0.05) is 6.08 Å². The number of hydrogen-bond acceptors (Lipinski definition) is 2. The number of allylic oxidation sites excluding steroid dienone is 1. The van der Waals surface area contributed by atoms with Crippen molar-refractivity contribution in [1.29, 1.82) is 0 Å². The SMILES string of the molecule is C/C=C(/C(=O)O)C1CCOCC1. The van der Waals surface area contributed by atoms with Gasteiger partial charge in [0.25, 0.3) is 0 Å². The summed E-state index contributed by atoms with van der Waals surface area (Å²) in [5.74, 6) is -0.592. The lowest BCUT2D eigenvalue weighted by Crippen LogP contribution is -2.21. The molecule has 1 rings (SSSR count). The summed E-state index contributed by atoms with van der Waals surface area (Å²) in [7, 11) is 0. The van der Waals surface area contributed by atoms with Gasteiger partial charge in [-0.2, -0.15) is 0 Å². The zero-order valence-corrected chi connectivity index (χ0v) is 7.25. The third-order valence-electron chi connectivity index (χ3n) is 2.22. The van der Waals surface area contributed by atoms with E-state index in [1.165, 1.54) is 0 Å². The fourth-order valence-electron chi connectivity index (χ4n) is 1.54. The zero-order valence-electron chi connectivity index (χ0n) is 7.25. The molecule has 0 unspecified atom stereocenters. The molecule has 1 aliphatic rings. The van der Waals surface area contributed by atoms with Crippen molar-refractivity contribution in [3.8, 4) is 0 Å². The molecular formula is C9H14O3. The van der Waals surface area contributed by atoms with Crippen LogP contribution in [-0.2, 0) is 9.53 Å². The molecule has 3 nitrogen and oxygen atoms in total. The Hall–Kier alpha value is -0.830. The van der Waals surface area contributed by atoms with E-state index in [0.29, 0.717) is 18.8 Å². The highest BCUT2D eigenvalue weighted by Gasteiger charge is 2.21. The maximum absolute atomic E-state index is 10.7. The number of carboxylic acids is 1. The lowest BCUT2D eigenvalue weighted by atomic mass is 9.91. The van der Waals surface area contributed by atoms with E-state index in [-0.39, 0.29) is 5.92 Å². The lowest BCUT2D eigenvalue weighted by Gasteiger charge is -2.22. The summed E-state index contributed by atoms with van der Waals surface area (Å²) in [5, 5.41) is 8.82. The van der Waals surface area contributed by atoms with Crippen LogP contribution < -0.4 is 0 Å². The smallest absolute Gasteiger partial charge is 0.331 e. The second-order valence-corrected chi connectivity index (χ2v) is 2.94. The van der Waals surface area contributed by atoms with Crippen LogP contribution in [-0.4, -0.2) is 24.3 Å². The minimum atomic E-state index is -0.788. The summed E-state index contributed by atoms with van der Waals surface area (Å²) < 4.78 is 5.15. The second kappa shape index (κ2) is 4.26. The summed E-state index contributed by atoms with van der Waals surface area (Å²) in [6.45, 7) is 3.16. The fourth-order valence-corrected chi connectivity index (χ4v) is 1.54. The average Bonchev–Trinajstić information content (AvgIpc) is 2.07. The molecule has 0 amide bonds. The fraction of sp³-hybridized carbons (Fsp3) is 0.667. The average molecular weight is 170 g/mol. The Morgan fingerprint density at radius 2 is 2.08 bits per heavy atom. The molecule has 0 bridgehead atoms. The van der Waals surface area contributed by atoms with E-state index < -0.39 is 5.97 Å². The molecular weight excluding hydrogens is 156 g/mol. The molecule has 0 aromatic rings. The minimum absolute atomic E-state index is 0.196. The minimum Gasteiger partial charge on any atom is -0.478 e. The quantitative estimate of drug-likeness (QED) is 0.638. The van der Waals surface area contributed by atoms with Crippen molar-refractivity contribution in [2.75, 3.05) is 13.2 Å². The monoisotopic (exact) mass is 170 g/mol. The molecule has 3 heteroatoms. The molecule has 1 N–H and O–H groups in total. The Morgan fingerprint density at radius 3 is 2.50 bits per heavy atom. The van der Waals surface area contributed by atoms with Crippen molar-refractivity contribution in [2.24, 2.45) is 5.92 Å². The van der Waals surface area contributed by atoms with Gasteiger partial charge in [-0.25, -0.2) is 4.79 Å². The van der Waals surface area contributed by atoms with E-state index in [1.54, 1.807) is 13.0 Å². The van der Waals surface area contributed by atoms with Gasteiger partial charge in [0.05, 0.1) is 0 Å². The first kappa shape index (κ1) is 9.26. The molecule has 0 atom stereocenters. The molecule has 1 saturated heterocycles. The van der Waals surface area contributed by atoms with Crippen molar-refractivity contribution in [1.82, 2.24) is 0 Å². The van der Waals surface area contributed by atoms with E-state index in [9.17, 15) is 4.79 Å². The van der Waals surface area contributed by atoms with Crippen molar-refractivity contribution in [3.63, 3.8) is 0 Å². The Balaban J connectivity index is 2.59. The van der Waals surface area contributed by atoms with Crippen molar-refractivity contribution < 1.29 is 14.6 Å². The van der Waals surface area contributed by atoms with Gasteiger partial charge in [-0.05, 0) is 25.7 Å². The van der Waals surface area contributed by atoms with Crippen LogP contribution in [0.2, 0.25) is 0 Å². The molecule has 0 radical (unpaired) electrons. The first-order chi connectivity index (χ1) is 5.75. The van der Waals surface area contributed by atoms with Crippen LogP contribution in [0.25, 0.3) is 0 Å². The molecule has 0 spiro atoms. The maximum Gasteiger partial charge on any atom is 0.331 e. The Kier molecular flexibility index (Phi) is 3.29. The highest BCUT2D eigenvalue weighted by Crippen LogP contribution is 2.23. The number of carbonyl (C=O) groups is 1. The van der Waals surface area contributed by atoms with Gasteiger partial charge in [0.15, 0.2) is 0 Å². The van der Waals surface area contributed by atoms with Crippen LogP contribution in [0.4, 0.5) is 0 Å². The Labute approximate surface area is 72.0 Å². The van der Waals surface area contributed by atoms with Gasteiger partial charge in [-0.15, -0.1) is 0 Å². The van der Waals surface area contributed by atoms with E-state index in [0.717, 1.165) is 12.8 Å². The normalized spacial score (nSPS) is 20.9. The first-order valence-electron chi connectivity index (χ1n) is 4.23. The first-order valence-corrected chi connectivity index (χ1v) is 4.23. The second-order valence-electron chi connectivity index (χ2n) is 2.94. The summed E-state index contributed by atoms with van der Waals surface area (Å²) in [4.78, 5) is 10.7. The molecule has 12 heavy (non-hydrogen) atoms. The molecule has 1 aliphatic heterocycles. The third-order valence-corrected chi connectivity index (χ3v) is 2.22. The van der Waals surface area contributed by atoms with Gasteiger partial charge in [0, 0.05) is 18.8 Å².